The highest BCUT2D eigenvalue weighted by Crippen LogP contribution is 2.27. The molecule has 17 heavy (non-hydrogen) atoms. The van der Waals surface area contributed by atoms with Crippen molar-refractivity contribution in [2.75, 3.05) is 6.54 Å². The van der Waals surface area contributed by atoms with E-state index in [-0.39, 0.29) is 5.82 Å². The molecule has 2 rings (SSSR count). The molecule has 1 saturated carbocycles. The lowest BCUT2D eigenvalue weighted by Gasteiger charge is -2.32. The standard InChI is InChI=1S/C15H22FN/c1-2-17-15-9-4-3-7-13(15)10-12-6-5-8-14(16)11-12/h5-6,8,11,13,15,17H,2-4,7,9-10H2,1H3. The molecule has 1 fully saturated rings. The number of nitrogens with one attached hydrogen (secondary N) is 1. The van der Waals surface area contributed by atoms with Gasteiger partial charge in [0.05, 0.1) is 0 Å². The number of rotatable bonds is 4. The van der Waals surface area contributed by atoms with Gasteiger partial charge in [0.2, 0.25) is 0 Å². The third kappa shape index (κ3) is 3.53. The van der Waals surface area contributed by atoms with Crippen molar-refractivity contribution in [3.8, 4) is 0 Å². The van der Waals surface area contributed by atoms with Crippen molar-refractivity contribution in [1.82, 2.24) is 5.32 Å². The Labute approximate surface area is 103 Å². The fourth-order valence-electron chi connectivity index (χ4n) is 2.95. The molecular weight excluding hydrogens is 213 g/mol. The van der Waals surface area contributed by atoms with Gasteiger partial charge in [-0.25, -0.2) is 4.39 Å². The van der Waals surface area contributed by atoms with Crippen molar-refractivity contribution in [2.45, 2.75) is 45.1 Å². The molecule has 0 bridgehead atoms. The van der Waals surface area contributed by atoms with Crippen LogP contribution < -0.4 is 5.32 Å². The predicted octanol–water partition coefficient (Wildman–Crippen LogP) is 3.54. The molecule has 0 saturated heterocycles. The maximum atomic E-state index is 13.2. The van der Waals surface area contributed by atoms with Gasteiger partial charge in [-0.3, -0.25) is 0 Å². The van der Waals surface area contributed by atoms with E-state index in [1.54, 1.807) is 6.07 Å². The first-order valence-electron chi connectivity index (χ1n) is 6.77. The van der Waals surface area contributed by atoms with Gasteiger partial charge in [-0.1, -0.05) is 31.9 Å². The molecule has 1 aliphatic carbocycles. The van der Waals surface area contributed by atoms with Crippen LogP contribution in [0, 0.1) is 11.7 Å². The largest absolute Gasteiger partial charge is 0.314 e. The van der Waals surface area contributed by atoms with Gasteiger partial charge in [-0.15, -0.1) is 0 Å². The highest BCUT2D eigenvalue weighted by Gasteiger charge is 2.24. The molecule has 2 unspecified atom stereocenters. The zero-order valence-corrected chi connectivity index (χ0v) is 10.6. The van der Waals surface area contributed by atoms with Crippen LogP contribution in [0.3, 0.4) is 0 Å². The topological polar surface area (TPSA) is 12.0 Å². The van der Waals surface area contributed by atoms with E-state index in [2.05, 4.69) is 12.2 Å². The Morgan fingerprint density at radius 2 is 2.12 bits per heavy atom. The van der Waals surface area contributed by atoms with Crippen molar-refractivity contribution in [3.63, 3.8) is 0 Å². The third-order valence-electron chi connectivity index (χ3n) is 3.76. The first kappa shape index (κ1) is 12.6. The predicted molar refractivity (Wildman–Crippen MR) is 69.5 cm³/mol. The molecule has 2 heteroatoms. The van der Waals surface area contributed by atoms with E-state index in [4.69, 9.17) is 0 Å². The summed E-state index contributed by atoms with van der Waals surface area (Å²) in [6.07, 6.45) is 6.20. The summed E-state index contributed by atoms with van der Waals surface area (Å²) in [6, 6.07) is 7.68. The van der Waals surface area contributed by atoms with Crippen LogP contribution in [0.1, 0.15) is 38.2 Å². The highest BCUT2D eigenvalue weighted by atomic mass is 19.1. The molecule has 0 aromatic heterocycles. The molecule has 94 valence electrons. The lowest BCUT2D eigenvalue weighted by atomic mass is 9.80. The van der Waals surface area contributed by atoms with Gasteiger partial charge in [-0.05, 0) is 49.4 Å². The van der Waals surface area contributed by atoms with Crippen LogP contribution in [-0.2, 0) is 6.42 Å². The van der Waals surface area contributed by atoms with E-state index in [9.17, 15) is 4.39 Å². The van der Waals surface area contributed by atoms with E-state index >= 15 is 0 Å². The van der Waals surface area contributed by atoms with Gasteiger partial charge in [-0.2, -0.15) is 0 Å². The number of hydrogen-bond acceptors (Lipinski definition) is 1. The smallest absolute Gasteiger partial charge is 0.123 e. The summed E-state index contributed by atoms with van der Waals surface area (Å²) < 4.78 is 13.2. The molecule has 0 heterocycles. The van der Waals surface area contributed by atoms with Crippen LogP contribution in [0.25, 0.3) is 0 Å². The SMILES string of the molecule is CCNC1CCCCC1Cc1cccc(F)c1. The van der Waals surface area contributed by atoms with E-state index in [1.807, 2.05) is 12.1 Å². The molecule has 1 aromatic rings. The first-order valence-corrected chi connectivity index (χ1v) is 6.77. The average molecular weight is 235 g/mol. The Balaban J connectivity index is 2.00. The van der Waals surface area contributed by atoms with Crippen LogP contribution in [-0.4, -0.2) is 12.6 Å². The number of benzene rings is 1. The fourth-order valence-corrected chi connectivity index (χ4v) is 2.95. The van der Waals surface area contributed by atoms with Gasteiger partial charge in [0.1, 0.15) is 5.82 Å². The Bertz CT molecular complexity index is 349. The summed E-state index contributed by atoms with van der Waals surface area (Å²) in [5.74, 6) is 0.559. The molecule has 0 spiro atoms. The molecule has 1 aromatic carbocycles. The highest BCUT2D eigenvalue weighted by molar-refractivity contribution is 5.17. The van der Waals surface area contributed by atoms with Crippen LogP contribution >= 0.6 is 0 Å². The molecule has 0 aliphatic heterocycles. The second-order valence-electron chi connectivity index (χ2n) is 5.04. The third-order valence-corrected chi connectivity index (χ3v) is 3.76. The van der Waals surface area contributed by atoms with E-state index in [0.717, 1.165) is 18.5 Å². The van der Waals surface area contributed by atoms with E-state index in [1.165, 1.54) is 31.7 Å². The monoisotopic (exact) mass is 235 g/mol. The number of hydrogen-bond donors (Lipinski definition) is 1. The molecule has 0 radical (unpaired) electrons. The van der Waals surface area contributed by atoms with Crippen molar-refractivity contribution in [2.24, 2.45) is 5.92 Å². The molecule has 1 nitrogen and oxygen atoms in total. The first-order chi connectivity index (χ1) is 8.29. The Morgan fingerprint density at radius 1 is 1.29 bits per heavy atom. The Kier molecular flexibility index (Phi) is 4.55. The van der Waals surface area contributed by atoms with Crippen molar-refractivity contribution in [3.05, 3.63) is 35.6 Å². The second-order valence-corrected chi connectivity index (χ2v) is 5.04. The summed E-state index contributed by atoms with van der Waals surface area (Å²) in [5.41, 5.74) is 1.14. The quantitative estimate of drug-likeness (QED) is 0.841. The summed E-state index contributed by atoms with van der Waals surface area (Å²) in [5, 5.41) is 3.58. The minimum atomic E-state index is -0.113. The maximum Gasteiger partial charge on any atom is 0.123 e. The Morgan fingerprint density at radius 3 is 2.88 bits per heavy atom. The van der Waals surface area contributed by atoms with Gasteiger partial charge in [0.25, 0.3) is 0 Å². The molecule has 2 atom stereocenters. The molecule has 0 amide bonds. The fraction of sp³-hybridized carbons (Fsp3) is 0.600. The van der Waals surface area contributed by atoms with Crippen LogP contribution in [0.4, 0.5) is 4.39 Å². The van der Waals surface area contributed by atoms with E-state index in [0.29, 0.717) is 12.0 Å². The van der Waals surface area contributed by atoms with Gasteiger partial charge < -0.3 is 5.32 Å². The minimum Gasteiger partial charge on any atom is -0.314 e. The van der Waals surface area contributed by atoms with Crippen molar-refractivity contribution >= 4 is 0 Å². The van der Waals surface area contributed by atoms with Crippen LogP contribution in [0.5, 0.6) is 0 Å². The molecular formula is C15H22FN. The number of halogens is 1. The second kappa shape index (κ2) is 6.15. The van der Waals surface area contributed by atoms with Crippen LogP contribution in [0.15, 0.2) is 24.3 Å². The summed E-state index contributed by atoms with van der Waals surface area (Å²) in [6.45, 7) is 3.19. The van der Waals surface area contributed by atoms with Crippen molar-refractivity contribution in [1.29, 1.82) is 0 Å². The summed E-state index contributed by atoms with van der Waals surface area (Å²) >= 11 is 0. The lowest BCUT2D eigenvalue weighted by molar-refractivity contribution is 0.264. The van der Waals surface area contributed by atoms with Gasteiger partial charge in [0.15, 0.2) is 0 Å². The summed E-state index contributed by atoms with van der Waals surface area (Å²) in [7, 11) is 0. The zero-order chi connectivity index (χ0) is 12.1. The molecule has 1 aliphatic rings. The zero-order valence-electron chi connectivity index (χ0n) is 10.6. The average Bonchev–Trinajstić information content (AvgIpc) is 2.32. The maximum absolute atomic E-state index is 13.2. The summed E-state index contributed by atoms with van der Waals surface area (Å²) in [4.78, 5) is 0. The Hall–Kier alpha value is -0.890. The normalized spacial score (nSPS) is 24.8. The lowest BCUT2D eigenvalue weighted by Crippen LogP contribution is -2.39. The van der Waals surface area contributed by atoms with Crippen molar-refractivity contribution < 1.29 is 4.39 Å². The van der Waals surface area contributed by atoms with Gasteiger partial charge >= 0.3 is 0 Å². The van der Waals surface area contributed by atoms with Gasteiger partial charge in [0, 0.05) is 6.04 Å². The minimum absolute atomic E-state index is 0.113. The van der Waals surface area contributed by atoms with E-state index < -0.39 is 0 Å². The van der Waals surface area contributed by atoms with Crippen LogP contribution in [0.2, 0.25) is 0 Å². The molecule has 1 N–H and O–H groups in total.